The number of rotatable bonds is 7. The normalized spacial score (nSPS) is 14.0. The second-order valence-corrected chi connectivity index (χ2v) is 5.77. The van der Waals surface area contributed by atoms with E-state index in [0.29, 0.717) is 29.4 Å². The molecule has 22 heavy (non-hydrogen) atoms. The van der Waals surface area contributed by atoms with Crippen LogP contribution in [0.5, 0.6) is 0 Å². The molecule has 6 heteroatoms. The van der Waals surface area contributed by atoms with Gasteiger partial charge in [-0.2, -0.15) is 5.10 Å². The molecule has 116 valence electrons. The van der Waals surface area contributed by atoms with Crippen molar-refractivity contribution < 1.29 is 9.59 Å². The lowest BCUT2D eigenvalue weighted by Crippen LogP contribution is -2.12. The van der Waals surface area contributed by atoms with Crippen LogP contribution in [-0.2, 0) is 0 Å². The van der Waals surface area contributed by atoms with Crippen LogP contribution in [0.4, 0.5) is 5.82 Å². The second kappa shape index (κ2) is 6.17. The molecular weight excluding hydrogens is 280 g/mol. The number of carbonyl (C=O) groups excluding carboxylic acids is 2. The number of amides is 1. The van der Waals surface area contributed by atoms with E-state index in [1.807, 2.05) is 13.0 Å². The molecule has 1 amide bonds. The first-order valence-corrected chi connectivity index (χ1v) is 7.75. The highest BCUT2D eigenvalue weighted by Crippen LogP contribution is 2.39. The van der Waals surface area contributed by atoms with E-state index in [1.54, 1.807) is 12.3 Å². The number of hydrogen-bond acceptors (Lipinski definition) is 3. The number of carbonyl (C=O) groups is 2. The van der Waals surface area contributed by atoms with Gasteiger partial charge in [0.25, 0.3) is 5.91 Å². The fourth-order valence-corrected chi connectivity index (χ4v) is 2.36. The zero-order chi connectivity index (χ0) is 15.5. The maximum atomic E-state index is 12.2. The molecule has 3 rings (SSSR count). The minimum Gasteiger partial charge on any atom is -0.356 e. The van der Waals surface area contributed by atoms with Gasteiger partial charge in [-0.25, -0.2) is 0 Å². The molecule has 0 radical (unpaired) electrons. The van der Waals surface area contributed by atoms with Gasteiger partial charge < -0.3 is 10.3 Å². The van der Waals surface area contributed by atoms with Crippen LogP contribution in [0.1, 0.15) is 71.5 Å². The van der Waals surface area contributed by atoms with Crippen molar-refractivity contribution in [2.45, 2.75) is 44.9 Å². The third kappa shape index (κ3) is 3.27. The third-order valence-electron chi connectivity index (χ3n) is 3.86. The van der Waals surface area contributed by atoms with E-state index in [2.05, 4.69) is 20.5 Å². The molecule has 0 aromatic carbocycles. The quantitative estimate of drug-likeness (QED) is 0.685. The maximum Gasteiger partial charge on any atom is 0.273 e. The van der Waals surface area contributed by atoms with Crippen LogP contribution in [0.3, 0.4) is 0 Å². The van der Waals surface area contributed by atoms with Crippen molar-refractivity contribution in [2.75, 3.05) is 5.32 Å². The summed E-state index contributed by atoms with van der Waals surface area (Å²) in [6.45, 7) is 2.04. The number of ketones is 1. The van der Waals surface area contributed by atoms with E-state index in [1.165, 1.54) is 12.8 Å². The van der Waals surface area contributed by atoms with Crippen molar-refractivity contribution in [2.24, 2.45) is 0 Å². The SMILES string of the molecule is CCCCC(=O)c1c[nH]c(C(=O)Nc2cc(C3CC3)[nH]n2)c1. The number of nitrogens with one attached hydrogen (secondary N) is 3. The molecule has 0 atom stereocenters. The van der Waals surface area contributed by atoms with Crippen molar-refractivity contribution in [3.63, 3.8) is 0 Å². The van der Waals surface area contributed by atoms with Crippen molar-refractivity contribution >= 4 is 17.5 Å². The van der Waals surface area contributed by atoms with Crippen molar-refractivity contribution in [1.82, 2.24) is 15.2 Å². The fraction of sp³-hybridized carbons (Fsp3) is 0.438. The summed E-state index contributed by atoms with van der Waals surface area (Å²) in [5, 5.41) is 9.76. The largest absolute Gasteiger partial charge is 0.356 e. The van der Waals surface area contributed by atoms with Gasteiger partial charge in [0.05, 0.1) is 0 Å². The van der Waals surface area contributed by atoms with Crippen LogP contribution in [0.25, 0.3) is 0 Å². The predicted molar refractivity (Wildman–Crippen MR) is 83.2 cm³/mol. The van der Waals surface area contributed by atoms with Crippen molar-refractivity contribution in [1.29, 1.82) is 0 Å². The van der Waals surface area contributed by atoms with E-state index in [0.717, 1.165) is 18.5 Å². The first-order valence-electron chi connectivity index (χ1n) is 7.75. The zero-order valence-corrected chi connectivity index (χ0v) is 12.6. The molecule has 2 heterocycles. The molecule has 0 spiro atoms. The smallest absolute Gasteiger partial charge is 0.273 e. The zero-order valence-electron chi connectivity index (χ0n) is 12.6. The first kappa shape index (κ1) is 14.6. The van der Waals surface area contributed by atoms with Gasteiger partial charge in [0.15, 0.2) is 11.6 Å². The summed E-state index contributed by atoms with van der Waals surface area (Å²) in [5.41, 5.74) is 1.99. The minimum atomic E-state index is -0.289. The van der Waals surface area contributed by atoms with Gasteiger partial charge in [0, 0.05) is 35.9 Å². The molecule has 0 aliphatic heterocycles. The van der Waals surface area contributed by atoms with Gasteiger partial charge in [-0.3, -0.25) is 14.7 Å². The lowest BCUT2D eigenvalue weighted by Gasteiger charge is -1.98. The Labute approximate surface area is 128 Å². The number of anilines is 1. The molecule has 3 N–H and O–H groups in total. The topological polar surface area (TPSA) is 90.6 Å². The Kier molecular flexibility index (Phi) is 4.09. The van der Waals surface area contributed by atoms with Gasteiger partial charge in [-0.1, -0.05) is 13.3 Å². The summed E-state index contributed by atoms with van der Waals surface area (Å²) in [5.74, 6) is 0.850. The van der Waals surface area contributed by atoms with Crippen LogP contribution in [0, 0.1) is 0 Å². The average Bonchev–Trinajstić information content (AvgIpc) is 3.06. The molecule has 1 fully saturated rings. The molecule has 2 aromatic rings. The van der Waals surface area contributed by atoms with E-state index in [-0.39, 0.29) is 11.7 Å². The monoisotopic (exact) mass is 300 g/mol. The summed E-state index contributed by atoms with van der Waals surface area (Å²) in [4.78, 5) is 26.9. The summed E-state index contributed by atoms with van der Waals surface area (Å²) < 4.78 is 0. The maximum absolute atomic E-state index is 12.2. The molecular formula is C16H20N4O2. The van der Waals surface area contributed by atoms with E-state index >= 15 is 0 Å². The van der Waals surface area contributed by atoms with Gasteiger partial charge >= 0.3 is 0 Å². The minimum absolute atomic E-state index is 0.0629. The highest BCUT2D eigenvalue weighted by atomic mass is 16.2. The summed E-state index contributed by atoms with van der Waals surface area (Å²) in [6.07, 6.45) is 6.30. The Morgan fingerprint density at radius 1 is 1.36 bits per heavy atom. The summed E-state index contributed by atoms with van der Waals surface area (Å²) >= 11 is 0. The van der Waals surface area contributed by atoms with Crippen LogP contribution in [0.2, 0.25) is 0 Å². The first-order chi connectivity index (χ1) is 10.7. The van der Waals surface area contributed by atoms with Gasteiger partial charge in [0.2, 0.25) is 0 Å². The Balaban J connectivity index is 1.61. The number of unbranched alkanes of at least 4 members (excludes halogenated alkanes) is 1. The van der Waals surface area contributed by atoms with Crippen LogP contribution < -0.4 is 5.32 Å². The predicted octanol–water partition coefficient (Wildman–Crippen LogP) is 3.24. The fourth-order valence-electron chi connectivity index (χ4n) is 2.36. The number of hydrogen-bond donors (Lipinski definition) is 3. The highest BCUT2D eigenvalue weighted by Gasteiger charge is 2.25. The lowest BCUT2D eigenvalue weighted by molar-refractivity contribution is 0.0979. The Morgan fingerprint density at radius 2 is 2.18 bits per heavy atom. The van der Waals surface area contributed by atoms with E-state index in [4.69, 9.17) is 0 Å². The molecule has 0 bridgehead atoms. The van der Waals surface area contributed by atoms with Gasteiger partial charge in [0.1, 0.15) is 5.69 Å². The van der Waals surface area contributed by atoms with Gasteiger partial charge in [-0.05, 0) is 25.3 Å². The lowest BCUT2D eigenvalue weighted by atomic mass is 10.1. The van der Waals surface area contributed by atoms with Crippen molar-refractivity contribution in [3.8, 4) is 0 Å². The van der Waals surface area contributed by atoms with Crippen LogP contribution in [-0.4, -0.2) is 26.9 Å². The molecule has 6 nitrogen and oxygen atoms in total. The molecule has 2 aromatic heterocycles. The number of Topliss-reactive ketones (excluding diaryl/α,β-unsaturated/α-hetero) is 1. The Hall–Kier alpha value is -2.37. The number of aromatic nitrogens is 3. The molecule has 1 aliphatic carbocycles. The third-order valence-corrected chi connectivity index (χ3v) is 3.86. The summed E-state index contributed by atoms with van der Waals surface area (Å²) in [6, 6.07) is 3.47. The Morgan fingerprint density at radius 3 is 2.91 bits per heavy atom. The standard InChI is InChI=1S/C16H20N4O2/c1-2-3-4-14(21)11-7-13(17-9-11)16(22)18-15-8-12(19-20-15)10-5-6-10/h7-10,17H,2-6H2,1H3,(H2,18,19,20,22). The highest BCUT2D eigenvalue weighted by molar-refractivity contribution is 6.05. The van der Waals surface area contributed by atoms with Gasteiger partial charge in [-0.15, -0.1) is 0 Å². The van der Waals surface area contributed by atoms with E-state index < -0.39 is 0 Å². The van der Waals surface area contributed by atoms with Crippen molar-refractivity contribution in [3.05, 3.63) is 35.3 Å². The number of aromatic amines is 2. The second-order valence-electron chi connectivity index (χ2n) is 5.77. The Bertz CT molecular complexity index is 682. The van der Waals surface area contributed by atoms with Crippen LogP contribution in [0.15, 0.2) is 18.3 Å². The summed E-state index contributed by atoms with van der Waals surface area (Å²) in [7, 11) is 0. The number of H-pyrrole nitrogens is 2. The molecule has 0 unspecified atom stereocenters. The van der Waals surface area contributed by atoms with Crippen LogP contribution >= 0.6 is 0 Å². The number of nitrogens with zero attached hydrogens (tertiary/aromatic N) is 1. The molecule has 1 saturated carbocycles. The molecule has 1 aliphatic rings. The molecule has 0 saturated heterocycles. The van der Waals surface area contributed by atoms with E-state index in [9.17, 15) is 9.59 Å². The average molecular weight is 300 g/mol.